The molecule has 0 fully saturated rings. The lowest BCUT2D eigenvalue weighted by atomic mass is 9.94. The van der Waals surface area contributed by atoms with Crippen molar-refractivity contribution in [3.63, 3.8) is 0 Å². The summed E-state index contributed by atoms with van der Waals surface area (Å²) in [5.74, 6) is 0.913. The molecule has 0 unspecified atom stereocenters. The summed E-state index contributed by atoms with van der Waals surface area (Å²) in [6.45, 7) is 5.76. The van der Waals surface area contributed by atoms with E-state index in [-0.39, 0.29) is 12.0 Å². The Bertz CT molecular complexity index is 443. The number of fused-ring (bicyclic) bond motifs is 1. The summed E-state index contributed by atoms with van der Waals surface area (Å²) in [7, 11) is 1.38. The van der Waals surface area contributed by atoms with Crippen LogP contribution >= 0.6 is 0 Å². The lowest BCUT2D eigenvalue weighted by molar-refractivity contribution is 0.0600. The van der Waals surface area contributed by atoms with E-state index in [1.807, 2.05) is 6.07 Å². The predicted molar refractivity (Wildman–Crippen MR) is 68.9 cm³/mol. The molecule has 1 heterocycles. The quantitative estimate of drug-likeness (QED) is 0.816. The number of methoxy groups -OCH3 is 1. The number of hydrogen-bond acceptors (Lipinski definition) is 4. The van der Waals surface area contributed by atoms with Crippen LogP contribution in [0.5, 0.6) is 5.75 Å². The normalized spacial score (nSPS) is 18.8. The molecule has 1 atom stereocenters. The second kappa shape index (κ2) is 5.40. The van der Waals surface area contributed by atoms with Crippen LogP contribution < -0.4 is 10.1 Å². The van der Waals surface area contributed by atoms with E-state index < -0.39 is 0 Å². The predicted octanol–water partition coefficient (Wildman–Crippen LogP) is 2.15. The van der Waals surface area contributed by atoms with Crippen LogP contribution in [-0.4, -0.2) is 26.2 Å². The van der Waals surface area contributed by atoms with Crippen LogP contribution in [0.15, 0.2) is 18.2 Å². The van der Waals surface area contributed by atoms with Crippen molar-refractivity contribution in [2.24, 2.45) is 5.92 Å². The SMILES string of the molecule is COC(=O)c1ccc2c(c1)OCCN[C@@H]2C(C)C. The minimum absolute atomic E-state index is 0.259. The maximum Gasteiger partial charge on any atom is 0.337 e. The van der Waals surface area contributed by atoms with Crippen LogP contribution in [0.1, 0.15) is 35.8 Å². The molecule has 1 aromatic carbocycles. The Morgan fingerprint density at radius 1 is 1.50 bits per heavy atom. The molecular formula is C14H19NO3. The third-order valence-electron chi connectivity index (χ3n) is 3.16. The summed E-state index contributed by atoms with van der Waals surface area (Å²) >= 11 is 0. The van der Waals surface area contributed by atoms with Gasteiger partial charge in [0.1, 0.15) is 12.4 Å². The lowest BCUT2D eigenvalue weighted by Gasteiger charge is -2.21. The average Bonchev–Trinajstić information content (AvgIpc) is 2.59. The third-order valence-corrected chi connectivity index (χ3v) is 3.16. The van der Waals surface area contributed by atoms with E-state index in [4.69, 9.17) is 9.47 Å². The van der Waals surface area contributed by atoms with Crippen molar-refractivity contribution >= 4 is 5.97 Å². The molecule has 1 aliphatic rings. The molecule has 0 amide bonds. The van der Waals surface area contributed by atoms with Crippen molar-refractivity contribution in [2.45, 2.75) is 19.9 Å². The van der Waals surface area contributed by atoms with E-state index in [0.29, 0.717) is 18.1 Å². The van der Waals surface area contributed by atoms with Crippen molar-refractivity contribution in [3.05, 3.63) is 29.3 Å². The topological polar surface area (TPSA) is 47.6 Å². The van der Waals surface area contributed by atoms with E-state index in [0.717, 1.165) is 17.9 Å². The fraction of sp³-hybridized carbons (Fsp3) is 0.500. The minimum Gasteiger partial charge on any atom is -0.492 e. The van der Waals surface area contributed by atoms with Gasteiger partial charge in [-0.3, -0.25) is 0 Å². The van der Waals surface area contributed by atoms with Crippen molar-refractivity contribution in [3.8, 4) is 5.75 Å². The summed E-state index contributed by atoms with van der Waals surface area (Å²) in [5.41, 5.74) is 1.64. The molecule has 0 aromatic heterocycles. The second-order valence-electron chi connectivity index (χ2n) is 4.77. The molecule has 4 nitrogen and oxygen atoms in total. The van der Waals surface area contributed by atoms with Gasteiger partial charge in [-0.05, 0) is 18.1 Å². The molecular weight excluding hydrogens is 230 g/mol. The van der Waals surface area contributed by atoms with Gasteiger partial charge in [0.15, 0.2) is 0 Å². The van der Waals surface area contributed by atoms with Gasteiger partial charge in [-0.1, -0.05) is 19.9 Å². The van der Waals surface area contributed by atoms with Crippen LogP contribution in [0, 0.1) is 5.92 Å². The molecule has 2 rings (SSSR count). The van der Waals surface area contributed by atoms with Crippen LogP contribution in [-0.2, 0) is 4.74 Å². The smallest absolute Gasteiger partial charge is 0.337 e. The van der Waals surface area contributed by atoms with Crippen molar-refractivity contribution in [1.29, 1.82) is 0 Å². The van der Waals surface area contributed by atoms with E-state index in [1.54, 1.807) is 12.1 Å². The molecule has 98 valence electrons. The van der Waals surface area contributed by atoms with Crippen LogP contribution in [0.25, 0.3) is 0 Å². The van der Waals surface area contributed by atoms with Gasteiger partial charge in [0.25, 0.3) is 0 Å². The minimum atomic E-state index is -0.334. The van der Waals surface area contributed by atoms with Crippen molar-refractivity contribution < 1.29 is 14.3 Å². The van der Waals surface area contributed by atoms with Crippen LogP contribution in [0.2, 0.25) is 0 Å². The number of carbonyl (C=O) groups excluding carboxylic acids is 1. The molecule has 1 aliphatic heterocycles. The first kappa shape index (κ1) is 12.9. The van der Waals surface area contributed by atoms with Gasteiger partial charge in [-0.2, -0.15) is 0 Å². The highest BCUT2D eigenvalue weighted by Gasteiger charge is 2.23. The monoisotopic (exact) mass is 249 g/mol. The number of benzene rings is 1. The van der Waals surface area contributed by atoms with Crippen LogP contribution in [0.4, 0.5) is 0 Å². The maximum atomic E-state index is 11.5. The molecule has 0 aliphatic carbocycles. The van der Waals surface area contributed by atoms with Gasteiger partial charge in [-0.25, -0.2) is 4.79 Å². The first-order valence-corrected chi connectivity index (χ1v) is 6.22. The summed E-state index contributed by atoms with van der Waals surface area (Å²) in [6.07, 6.45) is 0. The van der Waals surface area contributed by atoms with E-state index in [2.05, 4.69) is 19.2 Å². The zero-order chi connectivity index (χ0) is 13.1. The molecule has 18 heavy (non-hydrogen) atoms. The summed E-state index contributed by atoms with van der Waals surface area (Å²) in [4.78, 5) is 11.5. The maximum absolute atomic E-state index is 11.5. The number of ether oxygens (including phenoxy) is 2. The van der Waals surface area contributed by atoms with Gasteiger partial charge >= 0.3 is 5.97 Å². The van der Waals surface area contributed by atoms with Gasteiger partial charge in [0.05, 0.1) is 12.7 Å². The molecule has 0 saturated carbocycles. The Hall–Kier alpha value is -1.55. The Kier molecular flexibility index (Phi) is 3.87. The summed E-state index contributed by atoms with van der Waals surface area (Å²) in [5, 5.41) is 3.46. The molecule has 0 saturated heterocycles. The fourth-order valence-corrected chi connectivity index (χ4v) is 2.24. The van der Waals surface area contributed by atoms with Crippen LogP contribution in [0.3, 0.4) is 0 Å². The van der Waals surface area contributed by atoms with Gasteiger partial charge in [-0.15, -0.1) is 0 Å². The third kappa shape index (κ3) is 2.48. The first-order chi connectivity index (χ1) is 8.63. The molecule has 1 aromatic rings. The average molecular weight is 249 g/mol. The van der Waals surface area contributed by atoms with Gasteiger partial charge in [0, 0.05) is 18.2 Å². The van der Waals surface area contributed by atoms with E-state index in [9.17, 15) is 4.79 Å². The van der Waals surface area contributed by atoms with Crippen molar-refractivity contribution in [1.82, 2.24) is 5.32 Å². The highest BCUT2D eigenvalue weighted by Crippen LogP contribution is 2.32. The Morgan fingerprint density at radius 2 is 2.28 bits per heavy atom. The summed E-state index contributed by atoms with van der Waals surface area (Å²) < 4.78 is 10.4. The largest absolute Gasteiger partial charge is 0.492 e. The zero-order valence-corrected chi connectivity index (χ0v) is 11.0. The zero-order valence-electron chi connectivity index (χ0n) is 11.0. The molecule has 0 radical (unpaired) electrons. The van der Waals surface area contributed by atoms with E-state index in [1.165, 1.54) is 7.11 Å². The molecule has 1 N–H and O–H groups in total. The first-order valence-electron chi connectivity index (χ1n) is 6.22. The van der Waals surface area contributed by atoms with Crippen molar-refractivity contribution in [2.75, 3.05) is 20.3 Å². The second-order valence-corrected chi connectivity index (χ2v) is 4.77. The van der Waals surface area contributed by atoms with Gasteiger partial charge < -0.3 is 14.8 Å². The molecule has 0 bridgehead atoms. The Balaban J connectivity index is 2.39. The number of hydrogen-bond donors (Lipinski definition) is 1. The standard InChI is InChI=1S/C14H19NO3/c1-9(2)13-11-5-4-10(14(16)17-3)8-12(11)18-7-6-15-13/h4-5,8-9,13,15H,6-7H2,1-3H3/t13-/m1/s1. The number of carbonyl (C=O) groups is 1. The summed E-state index contributed by atoms with van der Waals surface area (Å²) in [6, 6.07) is 5.76. The number of nitrogens with one attached hydrogen (secondary N) is 1. The Morgan fingerprint density at radius 3 is 2.94 bits per heavy atom. The lowest BCUT2D eigenvalue weighted by Crippen LogP contribution is -2.26. The Labute approximate surface area is 107 Å². The number of rotatable bonds is 2. The molecule has 0 spiro atoms. The number of esters is 1. The van der Waals surface area contributed by atoms with E-state index >= 15 is 0 Å². The highest BCUT2D eigenvalue weighted by molar-refractivity contribution is 5.90. The fourth-order valence-electron chi connectivity index (χ4n) is 2.24. The van der Waals surface area contributed by atoms with Gasteiger partial charge in [0.2, 0.25) is 0 Å². The molecule has 4 heteroatoms. The highest BCUT2D eigenvalue weighted by atomic mass is 16.5.